The highest BCUT2D eigenvalue weighted by atomic mass is 19.4. The van der Waals surface area contributed by atoms with Crippen LogP contribution in [0.25, 0.3) is 0 Å². The SMILES string of the molecule is Nc1ccc(C(F)(F)F)nc1C(F)(F)F. The molecule has 2 N–H and O–H groups in total. The second-order valence-electron chi connectivity index (χ2n) is 2.63. The number of nitrogens with zero attached hydrogens (tertiary/aromatic N) is 1. The van der Waals surface area contributed by atoms with E-state index in [4.69, 9.17) is 5.73 Å². The number of alkyl halides is 6. The summed E-state index contributed by atoms with van der Waals surface area (Å²) < 4.78 is 72.4. The number of halogens is 6. The average molecular weight is 230 g/mol. The molecule has 0 aliphatic carbocycles. The van der Waals surface area contributed by atoms with Crippen molar-refractivity contribution in [2.75, 3.05) is 5.73 Å². The van der Waals surface area contributed by atoms with E-state index in [0.29, 0.717) is 12.1 Å². The fourth-order valence-electron chi connectivity index (χ4n) is 0.855. The minimum atomic E-state index is -4.99. The van der Waals surface area contributed by atoms with Crippen LogP contribution in [0, 0.1) is 0 Å². The van der Waals surface area contributed by atoms with Gasteiger partial charge >= 0.3 is 12.4 Å². The summed E-state index contributed by atoms with van der Waals surface area (Å²) in [7, 11) is 0. The molecule has 84 valence electrons. The Balaban J connectivity index is 3.30. The molecule has 0 saturated heterocycles. The van der Waals surface area contributed by atoms with Crippen LogP contribution in [0.3, 0.4) is 0 Å². The van der Waals surface area contributed by atoms with Crippen LogP contribution in [0.15, 0.2) is 12.1 Å². The molecule has 0 unspecified atom stereocenters. The van der Waals surface area contributed by atoms with E-state index in [1.54, 1.807) is 0 Å². The van der Waals surface area contributed by atoms with Crippen molar-refractivity contribution in [3.8, 4) is 0 Å². The Kier molecular flexibility index (Phi) is 2.54. The van der Waals surface area contributed by atoms with Crippen molar-refractivity contribution < 1.29 is 26.3 Å². The molecule has 0 atom stereocenters. The van der Waals surface area contributed by atoms with Crippen molar-refractivity contribution in [1.82, 2.24) is 4.98 Å². The molecular formula is C7H4F6N2. The van der Waals surface area contributed by atoms with Gasteiger partial charge in [0.15, 0.2) is 5.69 Å². The van der Waals surface area contributed by atoms with E-state index in [2.05, 4.69) is 4.98 Å². The number of rotatable bonds is 0. The van der Waals surface area contributed by atoms with E-state index in [0.717, 1.165) is 0 Å². The first-order valence-electron chi connectivity index (χ1n) is 3.53. The van der Waals surface area contributed by atoms with Gasteiger partial charge in [0.2, 0.25) is 0 Å². The van der Waals surface area contributed by atoms with Crippen molar-refractivity contribution in [2.24, 2.45) is 0 Å². The van der Waals surface area contributed by atoms with Crippen LogP contribution in [0.4, 0.5) is 32.0 Å². The normalized spacial score (nSPS) is 12.9. The predicted octanol–water partition coefficient (Wildman–Crippen LogP) is 2.70. The minimum Gasteiger partial charge on any atom is -0.397 e. The Labute approximate surface area is 79.7 Å². The van der Waals surface area contributed by atoms with E-state index in [-0.39, 0.29) is 0 Å². The zero-order valence-corrected chi connectivity index (χ0v) is 6.95. The van der Waals surface area contributed by atoms with E-state index in [1.165, 1.54) is 0 Å². The van der Waals surface area contributed by atoms with Crippen molar-refractivity contribution in [3.05, 3.63) is 23.5 Å². The summed E-state index contributed by atoms with van der Waals surface area (Å²) in [5, 5.41) is 0. The lowest BCUT2D eigenvalue weighted by atomic mass is 10.2. The van der Waals surface area contributed by atoms with Gasteiger partial charge in [-0.05, 0) is 12.1 Å². The van der Waals surface area contributed by atoms with E-state index in [1.807, 2.05) is 0 Å². The van der Waals surface area contributed by atoms with Gasteiger partial charge < -0.3 is 5.73 Å². The van der Waals surface area contributed by atoms with Crippen LogP contribution < -0.4 is 5.73 Å². The van der Waals surface area contributed by atoms with Gasteiger partial charge in [-0.15, -0.1) is 0 Å². The topological polar surface area (TPSA) is 38.9 Å². The summed E-state index contributed by atoms with van der Waals surface area (Å²) in [5.41, 5.74) is 0.686. The Hall–Kier alpha value is -1.47. The summed E-state index contributed by atoms with van der Waals surface area (Å²) in [5.74, 6) is 0. The Bertz CT molecular complexity index is 367. The molecule has 8 heteroatoms. The molecule has 0 bridgehead atoms. The Morgan fingerprint density at radius 2 is 1.47 bits per heavy atom. The molecule has 0 aliphatic rings. The molecule has 0 aliphatic heterocycles. The number of hydrogen-bond acceptors (Lipinski definition) is 2. The monoisotopic (exact) mass is 230 g/mol. The smallest absolute Gasteiger partial charge is 0.397 e. The van der Waals surface area contributed by atoms with Gasteiger partial charge in [0.25, 0.3) is 0 Å². The zero-order chi connectivity index (χ0) is 11.9. The third-order valence-corrected chi connectivity index (χ3v) is 1.49. The molecular weight excluding hydrogens is 226 g/mol. The number of hydrogen-bond donors (Lipinski definition) is 1. The van der Waals surface area contributed by atoms with Gasteiger partial charge in [0, 0.05) is 0 Å². The number of pyridine rings is 1. The standard InChI is InChI=1S/C7H4F6N2/c8-6(9,10)4-2-1-3(14)5(15-4)7(11,12)13/h1-2H,14H2. The zero-order valence-electron chi connectivity index (χ0n) is 6.95. The lowest BCUT2D eigenvalue weighted by molar-refractivity contribution is -0.149. The van der Waals surface area contributed by atoms with Crippen LogP contribution in [0.2, 0.25) is 0 Å². The highest BCUT2D eigenvalue weighted by Gasteiger charge is 2.39. The fourth-order valence-corrected chi connectivity index (χ4v) is 0.855. The van der Waals surface area contributed by atoms with Gasteiger partial charge in [0.05, 0.1) is 5.69 Å². The highest BCUT2D eigenvalue weighted by molar-refractivity contribution is 5.45. The third kappa shape index (κ3) is 2.51. The summed E-state index contributed by atoms with van der Waals surface area (Å²) in [4.78, 5) is 2.44. The maximum absolute atomic E-state index is 12.1. The van der Waals surface area contributed by atoms with Gasteiger partial charge in [-0.1, -0.05) is 0 Å². The maximum atomic E-state index is 12.1. The Morgan fingerprint density at radius 1 is 0.933 bits per heavy atom. The van der Waals surface area contributed by atoms with Gasteiger partial charge in [0.1, 0.15) is 5.69 Å². The van der Waals surface area contributed by atoms with E-state index in [9.17, 15) is 26.3 Å². The summed E-state index contributed by atoms with van der Waals surface area (Å²) in [6.45, 7) is 0. The molecule has 0 spiro atoms. The van der Waals surface area contributed by atoms with Crippen LogP contribution >= 0.6 is 0 Å². The first-order chi connectivity index (χ1) is 6.62. The third-order valence-electron chi connectivity index (χ3n) is 1.49. The first kappa shape index (κ1) is 11.6. The summed E-state index contributed by atoms with van der Waals surface area (Å²) >= 11 is 0. The number of nitrogens with two attached hydrogens (primary N) is 1. The van der Waals surface area contributed by atoms with Crippen molar-refractivity contribution >= 4 is 5.69 Å². The van der Waals surface area contributed by atoms with E-state index < -0.39 is 29.4 Å². The van der Waals surface area contributed by atoms with Crippen molar-refractivity contribution in [2.45, 2.75) is 12.4 Å². The molecule has 1 aromatic rings. The van der Waals surface area contributed by atoms with Crippen LogP contribution in [-0.4, -0.2) is 4.98 Å². The second-order valence-corrected chi connectivity index (χ2v) is 2.63. The molecule has 0 saturated carbocycles. The fraction of sp³-hybridized carbons (Fsp3) is 0.286. The van der Waals surface area contributed by atoms with Crippen molar-refractivity contribution in [1.29, 1.82) is 0 Å². The number of aromatic nitrogens is 1. The van der Waals surface area contributed by atoms with E-state index >= 15 is 0 Å². The minimum absolute atomic E-state index is 0.393. The molecule has 0 amide bonds. The summed E-state index contributed by atoms with van der Waals surface area (Å²) in [6, 6.07) is 0.920. The largest absolute Gasteiger partial charge is 0.435 e. The van der Waals surface area contributed by atoms with Gasteiger partial charge in [-0.2, -0.15) is 26.3 Å². The second kappa shape index (κ2) is 3.28. The molecule has 2 nitrogen and oxygen atoms in total. The van der Waals surface area contributed by atoms with Crippen LogP contribution in [0.5, 0.6) is 0 Å². The van der Waals surface area contributed by atoms with Gasteiger partial charge in [-0.3, -0.25) is 0 Å². The maximum Gasteiger partial charge on any atom is 0.435 e. The molecule has 1 heterocycles. The Morgan fingerprint density at radius 3 is 1.87 bits per heavy atom. The number of nitrogen functional groups attached to an aromatic ring is 1. The molecule has 0 radical (unpaired) electrons. The number of anilines is 1. The quantitative estimate of drug-likeness (QED) is 0.696. The van der Waals surface area contributed by atoms with Crippen molar-refractivity contribution in [3.63, 3.8) is 0 Å². The lowest BCUT2D eigenvalue weighted by Gasteiger charge is -2.11. The van der Waals surface area contributed by atoms with Crippen LogP contribution in [0.1, 0.15) is 11.4 Å². The molecule has 15 heavy (non-hydrogen) atoms. The first-order valence-corrected chi connectivity index (χ1v) is 3.53. The van der Waals surface area contributed by atoms with Gasteiger partial charge in [-0.25, -0.2) is 4.98 Å². The molecule has 1 aromatic heterocycles. The molecule has 0 aromatic carbocycles. The van der Waals surface area contributed by atoms with Crippen LogP contribution in [-0.2, 0) is 12.4 Å². The summed E-state index contributed by atoms with van der Waals surface area (Å²) in [6.07, 6.45) is -9.92. The lowest BCUT2D eigenvalue weighted by Crippen LogP contribution is -2.16. The average Bonchev–Trinajstić information content (AvgIpc) is 2.00. The predicted molar refractivity (Wildman–Crippen MR) is 38.7 cm³/mol. The molecule has 1 rings (SSSR count). The highest BCUT2D eigenvalue weighted by Crippen LogP contribution is 2.35. The molecule has 0 fully saturated rings.